The van der Waals surface area contributed by atoms with Gasteiger partial charge >= 0.3 is 0 Å². The first-order valence-electron chi connectivity index (χ1n) is 5.36. The van der Waals surface area contributed by atoms with E-state index in [0.717, 1.165) is 4.47 Å². The molecule has 0 aliphatic heterocycles. The van der Waals surface area contributed by atoms with E-state index in [4.69, 9.17) is 34.8 Å². The average molecular weight is 396 g/mol. The third kappa shape index (κ3) is 3.85. The lowest BCUT2D eigenvalue weighted by Gasteiger charge is -2.06. The van der Waals surface area contributed by atoms with Crippen LogP contribution >= 0.6 is 50.7 Å². The molecule has 0 aliphatic rings. The van der Waals surface area contributed by atoms with Crippen LogP contribution in [0.1, 0.15) is 5.56 Å². The predicted molar refractivity (Wildman–Crippen MR) is 86.8 cm³/mol. The maximum atomic E-state index is 13.5. The van der Waals surface area contributed by atoms with Gasteiger partial charge in [-0.3, -0.25) is 5.43 Å². The van der Waals surface area contributed by atoms with Crippen LogP contribution in [0.5, 0.6) is 0 Å². The number of hydrazone groups is 1. The Morgan fingerprint density at radius 2 is 1.75 bits per heavy atom. The molecule has 7 heteroatoms. The van der Waals surface area contributed by atoms with Crippen molar-refractivity contribution in [1.29, 1.82) is 0 Å². The van der Waals surface area contributed by atoms with Gasteiger partial charge in [0, 0.05) is 15.1 Å². The molecule has 20 heavy (non-hydrogen) atoms. The number of nitrogens with one attached hydrogen (secondary N) is 1. The van der Waals surface area contributed by atoms with E-state index in [1.807, 2.05) is 0 Å². The van der Waals surface area contributed by atoms with Crippen molar-refractivity contribution in [3.05, 3.63) is 61.3 Å². The molecule has 2 aromatic carbocycles. The molecule has 0 amide bonds. The van der Waals surface area contributed by atoms with Crippen LogP contribution < -0.4 is 5.43 Å². The first-order chi connectivity index (χ1) is 9.47. The molecule has 0 aromatic heterocycles. The first kappa shape index (κ1) is 15.6. The fourth-order valence-corrected chi connectivity index (χ4v) is 2.71. The van der Waals surface area contributed by atoms with Gasteiger partial charge < -0.3 is 0 Å². The number of halogens is 5. The molecular formula is C13H7BrCl3FN2. The Morgan fingerprint density at radius 3 is 2.40 bits per heavy atom. The normalized spacial score (nSPS) is 11.1. The van der Waals surface area contributed by atoms with Crippen LogP contribution in [0.15, 0.2) is 39.9 Å². The van der Waals surface area contributed by atoms with E-state index in [1.54, 1.807) is 12.1 Å². The molecule has 0 spiro atoms. The summed E-state index contributed by atoms with van der Waals surface area (Å²) in [5.41, 5.74) is 3.40. The van der Waals surface area contributed by atoms with Gasteiger partial charge in [-0.2, -0.15) is 5.10 Å². The van der Waals surface area contributed by atoms with E-state index in [9.17, 15) is 4.39 Å². The molecule has 0 bridgehead atoms. The molecule has 0 saturated carbocycles. The van der Waals surface area contributed by atoms with E-state index in [0.29, 0.717) is 26.3 Å². The average Bonchev–Trinajstić information content (AvgIpc) is 2.36. The number of nitrogens with zero attached hydrogens (tertiary/aromatic N) is 1. The van der Waals surface area contributed by atoms with Gasteiger partial charge in [0.25, 0.3) is 0 Å². The summed E-state index contributed by atoms with van der Waals surface area (Å²) < 4.78 is 14.3. The van der Waals surface area contributed by atoms with Gasteiger partial charge in [0.2, 0.25) is 0 Å². The van der Waals surface area contributed by atoms with Crippen LogP contribution in [0.2, 0.25) is 15.1 Å². The lowest BCUT2D eigenvalue weighted by molar-refractivity contribution is 0.625. The van der Waals surface area contributed by atoms with Crippen LogP contribution in [0.4, 0.5) is 10.1 Å². The number of rotatable bonds is 3. The minimum atomic E-state index is -0.382. The summed E-state index contributed by atoms with van der Waals surface area (Å²) >= 11 is 21.0. The molecule has 0 fully saturated rings. The van der Waals surface area contributed by atoms with Gasteiger partial charge in [0.1, 0.15) is 5.82 Å². The van der Waals surface area contributed by atoms with Crippen molar-refractivity contribution in [1.82, 2.24) is 0 Å². The Kier molecular flexibility index (Phi) is 5.27. The minimum Gasteiger partial charge on any atom is -0.275 e. The minimum absolute atomic E-state index is 0.327. The molecular weight excluding hydrogens is 389 g/mol. The lowest BCUT2D eigenvalue weighted by Crippen LogP contribution is -1.94. The smallest absolute Gasteiger partial charge is 0.132 e. The molecule has 1 N–H and O–H groups in total. The highest BCUT2D eigenvalue weighted by molar-refractivity contribution is 9.10. The highest BCUT2D eigenvalue weighted by Gasteiger charge is 2.06. The molecule has 0 heterocycles. The highest BCUT2D eigenvalue weighted by Crippen LogP contribution is 2.33. The zero-order chi connectivity index (χ0) is 14.7. The lowest BCUT2D eigenvalue weighted by atomic mass is 10.2. The van der Waals surface area contributed by atoms with E-state index >= 15 is 0 Å². The summed E-state index contributed by atoms with van der Waals surface area (Å²) in [5.74, 6) is -0.382. The van der Waals surface area contributed by atoms with Gasteiger partial charge in [-0.15, -0.1) is 0 Å². The van der Waals surface area contributed by atoms with Crippen molar-refractivity contribution in [3.8, 4) is 0 Å². The van der Waals surface area contributed by atoms with Gasteiger partial charge in [-0.05, 0) is 30.3 Å². The van der Waals surface area contributed by atoms with Gasteiger partial charge in [-0.1, -0.05) is 50.7 Å². The van der Waals surface area contributed by atoms with E-state index in [2.05, 4.69) is 26.5 Å². The SMILES string of the molecule is Fc1ccc(Br)cc1C=NNc1c(Cl)cc(Cl)cc1Cl. The van der Waals surface area contributed by atoms with Crippen molar-refractivity contribution >= 4 is 62.6 Å². The quantitative estimate of drug-likeness (QED) is 0.500. The monoisotopic (exact) mass is 394 g/mol. The fourth-order valence-electron chi connectivity index (χ4n) is 1.43. The fraction of sp³-hybridized carbons (Fsp3) is 0. The van der Waals surface area contributed by atoms with Crippen molar-refractivity contribution in [2.24, 2.45) is 5.10 Å². The molecule has 0 atom stereocenters. The number of hydrogen-bond acceptors (Lipinski definition) is 2. The Balaban J connectivity index is 2.20. The van der Waals surface area contributed by atoms with Crippen LogP contribution in [0.3, 0.4) is 0 Å². The van der Waals surface area contributed by atoms with Crippen LogP contribution in [-0.4, -0.2) is 6.21 Å². The maximum Gasteiger partial charge on any atom is 0.132 e. The molecule has 104 valence electrons. The third-order valence-electron chi connectivity index (χ3n) is 2.34. The first-order valence-corrected chi connectivity index (χ1v) is 7.29. The Bertz CT molecular complexity index is 654. The van der Waals surface area contributed by atoms with Gasteiger partial charge in [0.15, 0.2) is 0 Å². The van der Waals surface area contributed by atoms with Crippen molar-refractivity contribution in [2.45, 2.75) is 0 Å². The number of benzene rings is 2. The maximum absolute atomic E-state index is 13.5. The second-order valence-electron chi connectivity index (χ2n) is 3.78. The zero-order valence-corrected chi connectivity index (χ0v) is 13.7. The second kappa shape index (κ2) is 6.76. The Hall–Kier alpha value is -0.810. The molecule has 0 saturated heterocycles. The van der Waals surface area contributed by atoms with Crippen molar-refractivity contribution < 1.29 is 4.39 Å². The summed E-state index contributed by atoms with van der Waals surface area (Å²) in [6.45, 7) is 0. The van der Waals surface area contributed by atoms with E-state index < -0.39 is 0 Å². The Morgan fingerprint density at radius 1 is 1.10 bits per heavy atom. The summed E-state index contributed by atoms with van der Waals surface area (Å²) in [4.78, 5) is 0. The van der Waals surface area contributed by atoms with Crippen LogP contribution in [0, 0.1) is 5.82 Å². The number of anilines is 1. The summed E-state index contributed by atoms with van der Waals surface area (Å²) in [6.07, 6.45) is 1.33. The Labute approximate surface area is 138 Å². The van der Waals surface area contributed by atoms with Gasteiger partial charge in [-0.25, -0.2) is 4.39 Å². The summed E-state index contributed by atoms with van der Waals surface area (Å²) in [5, 5.41) is 5.00. The zero-order valence-electron chi connectivity index (χ0n) is 9.80. The molecule has 2 aromatic rings. The van der Waals surface area contributed by atoms with Crippen molar-refractivity contribution in [3.63, 3.8) is 0 Å². The van der Waals surface area contributed by atoms with Crippen LogP contribution in [-0.2, 0) is 0 Å². The van der Waals surface area contributed by atoms with E-state index in [-0.39, 0.29) is 5.82 Å². The summed E-state index contributed by atoms with van der Waals surface area (Å²) in [7, 11) is 0. The second-order valence-corrected chi connectivity index (χ2v) is 5.95. The molecule has 0 unspecified atom stereocenters. The van der Waals surface area contributed by atoms with Gasteiger partial charge in [0.05, 0.1) is 21.9 Å². The standard InChI is InChI=1S/C13H7BrCl3FN2/c14-8-1-2-12(18)7(3-8)6-19-20-13-10(16)4-9(15)5-11(13)17/h1-6,20H. The third-order valence-corrected chi connectivity index (χ3v) is 3.65. The molecule has 0 aliphatic carbocycles. The summed E-state index contributed by atoms with van der Waals surface area (Å²) in [6, 6.07) is 7.62. The predicted octanol–water partition coefficient (Wildman–Crippen LogP) is 5.99. The topological polar surface area (TPSA) is 24.4 Å². The number of hydrogen-bond donors (Lipinski definition) is 1. The highest BCUT2D eigenvalue weighted by atomic mass is 79.9. The molecule has 2 nitrogen and oxygen atoms in total. The van der Waals surface area contributed by atoms with E-state index in [1.165, 1.54) is 24.4 Å². The molecule has 0 radical (unpaired) electrons. The largest absolute Gasteiger partial charge is 0.275 e. The van der Waals surface area contributed by atoms with Crippen molar-refractivity contribution in [2.75, 3.05) is 5.43 Å². The van der Waals surface area contributed by atoms with Crippen LogP contribution in [0.25, 0.3) is 0 Å². The molecule has 2 rings (SSSR count).